The summed E-state index contributed by atoms with van der Waals surface area (Å²) >= 11 is 3.45. The maximum absolute atomic E-state index is 5.41. The summed E-state index contributed by atoms with van der Waals surface area (Å²) in [5.74, 6) is 1.69. The van der Waals surface area contributed by atoms with Crippen molar-refractivity contribution >= 4 is 15.9 Å². The second kappa shape index (κ2) is 4.62. The molecule has 0 N–H and O–H groups in total. The van der Waals surface area contributed by atoms with Crippen LogP contribution in [0.3, 0.4) is 0 Å². The zero-order valence-corrected chi connectivity index (χ0v) is 10.1. The number of rotatable bonds is 3. The van der Waals surface area contributed by atoms with Gasteiger partial charge in [-0.05, 0) is 31.0 Å². The van der Waals surface area contributed by atoms with Crippen molar-refractivity contribution in [2.24, 2.45) is 0 Å². The number of halogens is 1. The molecule has 0 atom stereocenters. The highest BCUT2D eigenvalue weighted by Gasteiger charge is 2.01. The number of benzene rings is 1. The smallest absolute Gasteiger partial charge is 0.194 e. The third-order valence-corrected chi connectivity index (χ3v) is 2.68. The van der Waals surface area contributed by atoms with Crippen LogP contribution < -0.4 is 0 Å². The number of hydrogen-bond donors (Lipinski definition) is 0. The molecule has 1 heterocycles. The Labute approximate surface area is 97.5 Å². The van der Waals surface area contributed by atoms with Crippen LogP contribution in [-0.4, -0.2) is 4.98 Å². The van der Waals surface area contributed by atoms with E-state index in [0.717, 1.165) is 29.0 Å². The predicted octanol–water partition coefficient (Wildman–Crippen LogP) is 3.53. The summed E-state index contributed by atoms with van der Waals surface area (Å²) < 4.78 is 6.53. The monoisotopic (exact) mass is 265 g/mol. The van der Waals surface area contributed by atoms with Gasteiger partial charge in [0.2, 0.25) is 0 Å². The minimum absolute atomic E-state index is 0.812. The maximum Gasteiger partial charge on any atom is 0.194 e. The Kier molecular flexibility index (Phi) is 3.21. The van der Waals surface area contributed by atoms with Gasteiger partial charge in [-0.2, -0.15) is 0 Å². The van der Waals surface area contributed by atoms with Crippen molar-refractivity contribution in [2.75, 3.05) is 0 Å². The van der Waals surface area contributed by atoms with Crippen molar-refractivity contribution in [1.29, 1.82) is 0 Å². The van der Waals surface area contributed by atoms with Crippen LogP contribution in [0, 0.1) is 6.92 Å². The van der Waals surface area contributed by atoms with Crippen molar-refractivity contribution in [2.45, 2.75) is 19.8 Å². The maximum atomic E-state index is 5.41. The summed E-state index contributed by atoms with van der Waals surface area (Å²) in [5.41, 5.74) is 1.29. The number of aryl methyl sites for hydroxylation is 3. The molecule has 0 aliphatic heterocycles. The molecule has 0 saturated heterocycles. The van der Waals surface area contributed by atoms with E-state index in [4.69, 9.17) is 4.42 Å². The molecule has 15 heavy (non-hydrogen) atoms. The first-order valence-corrected chi connectivity index (χ1v) is 5.69. The van der Waals surface area contributed by atoms with Gasteiger partial charge in [0.1, 0.15) is 5.76 Å². The van der Waals surface area contributed by atoms with Crippen molar-refractivity contribution in [3.63, 3.8) is 0 Å². The fourth-order valence-electron chi connectivity index (χ4n) is 1.46. The van der Waals surface area contributed by atoms with Crippen LogP contribution in [0.25, 0.3) is 0 Å². The molecule has 0 unspecified atom stereocenters. The lowest BCUT2D eigenvalue weighted by atomic mass is 10.1. The van der Waals surface area contributed by atoms with Crippen LogP contribution in [0.4, 0.5) is 0 Å². The van der Waals surface area contributed by atoms with Crippen LogP contribution in [0.1, 0.15) is 17.2 Å². The van der Waals surface area contributed by atoms with Crippen LogP contribution in [-0.2, 0) is 12.8 Å². The molecule has 3 heteroatoms. The van der Waals surface area contributed by atoms with Gasteiger partial charge in [-0.3, -0.25) is 0 Å². The molecule has 0 bridgehead atoms. The molecular weight excluding hydrogens is 254 g/mol. The van der Waals surface area contributed by atoms with Crippen molar-refractivity contribution in [1.82, 2.24) is 4.98 Å². The fraction of sp³-hybridized carbons (Fsp3) is 0.250. The second-order valence-electron chi connectivity index (χ2n) is 3.49. The van der Waals surface area contributed by atoms with E-state index in [1.54, 1.807) is 6.20 Å². The minimum Gasteiger partial charge on any atom is -0.446 e. The van der Waals surface area contributed by atoms with E-state index in [0.29, 0.717) is 0 Å². The van der Waals surface area contributed by atoms with E-state index in [-0.39, 0.29) is 0 Å². The van der Waals surface area contributed by atoms with Crippen LogP contribution in [0.2, 0.25) is 0 Å². The predicted molar refractivity (Wildman–Crippen MR) is 62.8 cm³/mol. The zero-order chi connectivity index (χ0) is 10.7. The van der Waals surface area contributed by atoms with E-state index in [2.05, 4.69) is 33.0 Å². The standard InChI is InChI=1S/C12H12BrNO/c1-9-8-14-12(15-9)6-5-10-3-2-4-11(13)7-10/h2-4,7-8H,5-6H2,1H3. The Morgan fingerprint density at radius 3 is 2.87 bits per heavy atom. The molecule has 1 aromatic heterocycles. The van der Waals surface area contributed by atoms with Crippen LogP contribution in [0.15, 0.2) is 39.4 Å². The number of hydrogen-bond acceptors (Lipinski definition) is 2. The third kappa shape index (κ3) is 2.93. The van der Waals surface area contributed by atoms with Gasteiger partial charge in [0.25, 0.3) is 0 Å². The van der Waals surface area contributed by atoms with Gasteiger partial charge < -0.3 is 4.42 Å². The largest absolute Gasteiger partial charge is 0.446 e. The van der Waals surface area contributed by atoms with Crippen molar-refractivity contribution < 1.29 is 4.42 Å². The highest BCUT2D eigenvalue weighted by molar-refractivity contribution is 9.10. The summed E-state index contributed by atoms with van der Waals surface area (Å²) in [5, 5.41) is 0. The molecule has 0 aliphatic carbocycles. The number of aromatic nitrogens is 1. The molecular formula is C12H12BrNO. The molecule has 78 valence electrons. The molecule has 2 nitrogen and oxygen atoms in total. The Balaban J connectivity index is 1.99. The van der Waals surface area contributed by atoms with Gasteiger partial charge in [0, 0.05) is 10.9 Å². The van der Waals surface area contributed by atoms with Gasteiger partial charge in [0.05, 0.1) is 6.20 Å². The van der Waals surface area contributed by atoms with Gasteiger partial charge in [0.15, 0.2) is 5.89 Å². The van der Waals surface area contributed by atoms with E-state index in [1.807, 2.05) is 19.1 Å². The Morgan fingerprint density at radius 2 is 2.20 bits per heavy atom. The molecule has 1 aromatic carbocycles. The molecule has 0 amide bonds. The Bertz CT molecular complexity index is 450. The van der Waals surface area contributed by atoms with E-state index in [1.165, 1.54) is 5.56 Å². The highest BCUT2D eigenvalue weighted by Crippen LogP contribution is 2.13. The molecule has 0 spiro atoms. The first kappa shape index (κ1) is 10.4. The first-order valence-electron chi connectivity index (χ1n) is 4.90. The molecule has 0 radical (unpaired) electrons. The quantitative estimate of drug-likeness (QED) is 0.849. The zero-order valence-electron chi connectivity index (χ0n) is 8.53. The molecule has 0 aliphatic rings. The highest BCUT2D eigenvalue weighted by atomic mass is 79.9. The normalized spacial score (nSPS) is 10.5. The summed E-state index contributed by atoms with van der Waals surface area (Å²) in [6, 6.07) is 8.30. The number of oxazole rings is 1. The SMILES string of the molecule is Cc1cnc(CCc2cccc(Br)c2)o1. The summed E-state index contributed by atoms with van der Waals surface area (Å²) in [4.78, 5) is 4.17. The van der Waals surface area contributed by atoms with Crippen molar-refractivity contribution in [3.8, 4) is 0 Å². The van der Waals surface area contributed by atoms with E-state index >= 15 is 0 Å². The summed E-state index contributed by atoms with van der Waals surface area (Å²) in [6.45, 7) is 1.91. The third-order valence-electron chi connectivity index (χ3n) is 2.19. The van der Waals surface area contributed by atoms with E-state index in [9.17, 15) is 0 Å². The van der Waals surface area contributed by atoms with Crippen LogP contribution in [0.5, 0.6) is 0 Å². The number of nitrogens with zero attached hydrogens (tertiary/aromatic N) is 1. The van der Waals surface area contributed by atoms with Gasteiger partial charge >= 0.3 is 0 Å². The Hall–Kier alpha value is -1.09. The first-order chi connectivity index (χ1) is 7.24. The lowest BCUT2D eigenvalue weighted by Gasteiger charge is -1.99. The topological polar surface area (TPSA) is 26.0 Å². The summed E-state index contributed by atoms with van der Waals surface area (Å²) in [7, 11) is 0. The average Bonchev–Trinajstić information content (AvgIpc) is 2.62. The minimum atomic E-state index is 0.812. The lowest BCUT2D eigenvalue weighted by Crippen LogP contribution is -1.90. The second-order valence-corrected chi connectivity index (χ2v) is 4.41. The van der Waals surface area contributed by atoms with E-state index < -0.39 is 0 Å². The van der Waals surface area contributed by atoms with Gasteiger partial charge in [-0.25, -0.2) is 4.98 Å². The Morgan fingerprint density at radius 1 is 1.33 bits per heavy atom. The lowest BCUT2D eigenvalue weighted by molar-refractivity contribution is 0.470. The van der Waals surface area contributed by atoms with Gasteiger partial charge in [-0.15, -0.1) is 0 Å². The van der Waals surface area contributed by atoms with Gasteiger partial charge in [-0.1, -0.05) is 28.1 Å². The molecule has 2 aromatic rings. The average molecular weight is 266 g/mol. The van der Waals surface area contributed by atoms with Crippen molar-refractivity contribution in [3.05, 3.63) is 52.1 Å². The van der Waals surface area contributed by atoms with Crippen LogP contribution >= 0.6 is 15.9 Å². The fourth-order valence-corrected chi connectivity index (χ4v) is 1.91. The molecule has 0 saturated carbocycles. The molecule has 0 fully saturated rings. The molecule has 2 rings (SSSR count). The summed E-state index contributed by atoms with van der Waals surface area (Å²) in [6.07, 6.45) is 3.57.